The third-order valence-corrected chi connectivity index (χ3v) is 6.96. The number of nitrogens with one attached hydrogen (secondary N) is 1. The fraction of sp³-hybridized carbons (Fsp3) is 0.179. The van der Waals surface area contributed by atoms with Crippen molar-refractivity contribution in [1.29, 1.82) is 0 Å². The van der Waals surface area contributed by atoms with Crippen molar-refractivity contribution < 1.29 is 14.3 Å². The highest BCUT2D eigenvalue weighted by Crippen LogP contribution is 2.54. The molecule has 0 radical (unpaired) electrons. The van der Waals surface area contributed by atoms with E-state index >= 15 is 0 Å². The first-order valence-corrected chi connectivity index (χ1v) is 11.5. The third-order valence-electron chi connectivity index (χ3n) is 6.96. The van der Waals surface area contributed by atoms with Crippen LogP contribution >= 0.6 is 0 Å². The molecule has 0 saturated carbocycles. The van der Waals surface area contributed by atoms with Gasteiger partial charge in [-0.05, 0) is 83.6 Å². The number of nitrogens with two attached hydrogens (primary N) is 1. The van der Waals surface area contributed by atoms with Gasteiger partial charge < -0.3 is 21.0 Å². The van der Waals surface area contributed by atoms with Gasteiger partial charge in [0.25, 0.3) is 5.91 Å². The van der Waals surface area contributed by atoms with E-state index in [1.54, 1.807) is 12.1 Å². The van der Waals surface area contributed by atoms with Crippen LogP contribution in [0, 0.1) is 19.1 Å². The molecule has 2 atom stereocenters. The second-order valence-electron chi connectivity index (χ2n) is 9.11. The number of anilines is 1. The minimum Gasteiger partial charge on any atom is -0.618 e. The van der Waals surface area contributed by atoms with Gasteiger partial charge in [-0.25, -0.2) is 4.98 Å². The molecule has 7 nitrogen and oxygen atoms in total. The summed E-state index contributed by atoms with van der Waals surface area (Å²) in [6.45, 7) is 4.23. The number of nitrogens with zero attached hydrogens (tertiary/aromatic N) is 2. The molecule has 4 heterocycles. The lowest BCUT2D eigenvalue weighted by Gasteiger charge is -2.18. The van der Waals surface area contributed by atoms with E-state index < -0.39 is 0 Å². The van der Waals surface area contributed by atoms with Crippen molar-refractivity contribution in [2.45, 2.75) is 32.6 Å². The molecule has 6 rings (SSSR count). The van der Waals surface area contributed by atoms with Crippen LogP contribution in [0.5, 0.6) is 0 Å². The van der Waals surface area contributed by atoms with Gasteiger partial charge >= 0.3 is 0 Å². The van der Waals surface area contributed by atoms with Crippen LogP contribution in [0.2, 0.25) is 0 Å². The Hall–Kier alpha value is -4.23. The van der Waals surface area contributed by atoms with Gasteiger partial charge in [0.15, 0.2) is 6.20 Å². The number of aryl methyl sites for hydroxylation is 2. The number of pyridine rings is 2. The Kier molecular flexibility index (Phi) is 4.82. The van der Waals surface area contributed by atoms with Crippen molar-refractivity contribution in [2.75, 3.05) is 5.73 Å². The largest absolute Gasteiger partial charge is 0.618 e. The molecule has 2 aliphatic rings. The molecule has 0 spiro atoms. The average Bonchev–Trinajstić information content (AvgIpc) is 3.40. The number of fused-ring (bicyclic) bond motifs is 8. The van der Waals surface area contributed by atoms with Gasteiger partial charge in [-0.3, -0.25) is 4.79 Å². The number of ether oxygens (including phenoxy) is 1. The molecular weight excluding hydrogens is 440 g/mol. The molecular formula is C28H24N4O3. The zero-order valence-corrected chi connectivity index (χ0v) is 19.4. The number of nitrogen functional groups attached to an aromatic ring is 1. The molecule has 4 aromatic rings. The highest BCUT2D eigenvalue weighted by atomic mass is 16.5. The minimum atomic E-state index is -0.257. The van der Waals surface area contributed by atoms with Gasteiger partial charge in [0.2, 0.25) is 5.69 Å². The maximum Gasteiger partial charge on any atom is 0.251 e. The highest BCUT2D eigenvalue weighted by Gasteiger charge is 2.43. The Balaban J connectivity index is 1.27. The maximum atomic E-state index is 13.0. The van der Waals surface area contributed by atoms with Crippen LogP contribution < -0.4 is 15.8 Å². The zero-order chi connectivity index (χ0) is 24.3. The number of benzene rings is 2. The van der Waals surface area contributed by atoms with E-state index in [2.05, 4.69) is 10.3 Å². The molecule has 174 valence electrons. The van der Waals surface area contributed by atoms with Crippen molar-refractivity contribution in [3.8, 4) is 11.3 Å². The molecule has 7 heteroatoms. The first-order valence-electron chi connectivity index (χ1n) is 11.5. The van der Waals surface area contributed by atoms with E-state index in [4.69, 9.17) is 10.5 Å². The summed E-state index contributed by atoms with van der Waals surface area (Å²) in [5, 5.41) is 15.3. The topological polar surface area (TPSA) is 104 Å². The highest BCUT2D eigenvalue weighted by molar-refractivity contribution is 5.94. The van der Waals surface area contributed by atoms with E-state index in [9.17, 15) is 10.0 Å². The van der Waals surface area contributed by atoms with Crippen molar-refractivity contribution in [3.63, 3.8) is 0 Å². The lowest BCUT2D eigenvalue weighted by atomic mass is 9.84. The number of carbonyl (C=O) groups excluding carboxylic acids is 1. The molecule has 0 fully saturated rings. The zero-order valence-electron chi connectivity index (χ0n) is 19.4. The molecule has 1 amide bonds. The molecule has 35 heavy (non-hydrogen) atoms. The maximum absolute atomic E-state index is 13.0. The van der Waals surface area contributed by atoms with Crippen LogP contribution in [0.15, 0.2) is 66.9 Å². The summed E-state index contributed by atoms with van der Waals surface area (Å²) in [7, 11) is 0. The summed E-state index contributed by atoms with van der Waals surface area (Å²) in [5.41, 5.74) is 14.8. The van der Waals surface area contributed by atoms with Gasteiger partial charge in [0.05, 0.1) is 0 Å². The molecule has 2 aromatic heterocycles. The summed E-state index contributed by atoms with van der Waals surface area (Å²) in [6, 6.07) is 19.0. The fourth-order valence-electron chi connectivity index (χ4n) is 5.22. The van der Waals surface area contributed by atoms with Crippen molar-refractivity contribution >= 4 is 11.7 Å². The first kappa shape index (κ1) is 21.3. The Morgan fingerprint density at radius 1 is 1.03 bits per heavy atom. The predicted octanol–water partition coefficient (Wildman–Crippen LogP) is 4.03. The minimum absolute atomic E-state index is 0.155. The van der Waals surface area contributed by atoms with E-state index in [1.807, 2.05) is 62.4 Å². The van der Waals surface area contributed by atoms with Gasteiger partial charge in [-0.1, -0.05) is 12.1 Å². The number of rotatable bonds is 4. The van der Waals surface area contributed by atoms with Gasteiger partial charge in [-0.15, -0.1) is 0 Å². The Bertz CT molecular complexity index is 1490. The van der Waals surface area contributed by atoms with E-state index in [0.717, 1.165) is 49.4 Å². The van der Waals surface area contributed by atoms with E-state index in [-0.39, 0.29) is 18.1 Å². The van der Waals surface area contributed by atoms with E-state index in [0.29, 0.717) is 23.6 Å². The van der Waals surface area contributed by atoms with Crippen LogP contribution in [-0.2, 0) is 11.3 Å². The quantitative estimate of drug-likeness (QED) is 0.351. The van der Waals surface area contributed by atoms with Gasteiger partial charge in [-0.2, -0.15) is 4.73 Å². The van der Waals surface area contributed by atoms with Crippen LogP contribution in [-0.4, -0.2) is 10.9 Å². The van der Waals surface area contributed by atoms with Crippen molar-refractivity contribution in [3.05, 3.63) is 117 Å². The Morgan fingerprint density at radius 3 is 2.54 bits per heavy atom. The smallest absolute Gasteiger partial charge is 0.251 e. The number of amides is 1. The lowest BCUT2D eigenvalue weighted by Crippen LogP contribution is -2.27. The summed E-state index contributed by atoms with van der Waals surface area (Å²) in [6.07, 6.45) is 1.08. The summed E-state index contributed by atoms with van der Waals surface area (Å²) in [5.74, 6) is 0.321. The molecule has 2 aliphatic heterocycles. The fourth-order valence-corrected chi connectivity index (χ4v) is 5.22. The number of hydrogen-bond acceptors (Lipinski definition) is 5. The standard InChI is InChI=1S/C28H24N4O3/c1-15-11-25(29)31-16(2)23(15)14-30-28(33)18-7-9-20-22(13-18)27-21-12-17(6-8-19(21)26(20)35-27)24-5-3-4-10-32(24)34/h3-13,26-27H,14H2,1-2H3,(H2,29,31)(H,30,33)/t26-,27+/m0/s1. The van der Waals surface area contributed by atoms with Crippen LogP contribution in [0.1, 0.15) is 61.6 Å². The van der Waals surface area contributed by atoms with Crippen LogP contribution in [0.3, 0.4) is 0 Å². The van der Waals surface area contributed by atoms with Crippen molar-refractivity contribution in [1.82, 2.24) is 10.3 Å². The second kappa shape index (κ2) is 7.92. The summed E-state index contributed by atoms with van der Waals surface area (Å²) in [4.78, 5) is 17.3. The second-order valence-corrected chi connectivity index (χ2v) is 9.11. The van der Waals surface area contributed by atoms with Crippen LogP contribution in [0.4, 0.5) is 5.82 Å². The molecule has 2 bridgehead atoms. The molecule has 0 saturated heterocycles. The molecule has 0 aliphatic carbocycles. The van der Waals surface area contributed by atoms with E-state index in [1.165, 1.54) is 6.20 Å². The van der Waals surface area contributed by atoms with Gasteiger partial charge in [0.1, 0.15) is 18.0 Å². The summed E-state index contributed by atoms with van der Waals surface area (Å²) >= 11 is 0. The molecule has 3 N–H and O–H groups in total. The first-order chi connectivity index (χ1) is 16.9. The molecule has 2 aromatic carbocycles. The average molecular weight is 465 g/mol. The monoisotopic (exact) mass is 464 g/mol. The Morgan fingerprint density at radius 2 is 1.77 bits per heavy atom. The predicted molar refractivity (Wildman–Crippen MR) is 131 cm³/mol. The Labute approximate surface area is 202 Å². The van der Waals surface area contributed by atoms with Crippen LogP contribution in [0.25, 0.3) is 11.3 Å². The molecule has 0 unspecified atom stereocenters. The lowest BCUT2D eigenvalue weighted by molar-refractivity contribution is -0.593. The number of aromatic nitrogens is 2. The SMILES string of the molecule is Cc1cc(N)nc(C)c1CNC(=O)c1ccc2c(c1)[C@@H]1O[C@H]2c2ccc(-c3cccc[n+]3[O-])cc21. The normalized spacial score (nSPS) is 17.2. The third kappa shape index (κ3) is 3.43. The summed E-state index contributed by atoms with van der Waals surface area (Å²) < 4.78 is 7.17. The van der Waals surface area contributed by atoms with Gasteiger partial charge in [0, 0.05) is 35.5 Å². The van der Waals surface area contributed by atoms with Crippen molar-refractivity contribution in [2.24, 2.45) is 0 Å². The number of carbonyl (C=O) groups is 1. The number of hydrogen-bond donors (Lipinski definition) is 2.